The van der Waals surface area contributed by atoms with Gasteiger partial charge in [0.15, 0.2) is 0 Å². The van der Waals surface area contributed by atoms with Crippen molar-refractivity contribution in [1.29, 1.82) is 0 Å². The summed E-state index contributed by atoms with van der Waals surface area (Å²) in [5.74, 6) is 0. The van der Waals surface area contributed by atoms with E-state index in [0.717, 1.165) is 36.0 Å². The number of ether oxygens (including phenoxy) is 1. The number of rotatable bonds is 3. The third-order valence-corrected chi connectivity index (χ3v) is 4.37. The molecule has 128 valence electrons. The standard InChI is InChI=1S/C18H27BrN2O2/c1-5-13-11-14(19)8-9-16(13)20-15-7-6-10-21(12-15)17(22)23-18(2,3)4/h8-9,11,15,20H,5-7,10,12H2,1-4H3. The van der Waals surface area contributed by atoms with Crippen LogP contribution >= 0.6 is 15.9 Å². The van der Waals surface area contributed by atoms with Gasteiger partial charge in [-0.1, -0.05) is 22.9 Å². The Morgan fingerprint density at radius 2 is 2.17 bits per heavy atom. The molecule has 0 radical (unpaired) electrons. The van der Waals surface area contributed by atoms with Crippen LogP contribution in [0.2, 0.25) is 0 Å². The molecular formula is C18H27BrN2O2. The third-order valence-electron chi connectivity index (χ3n) is 3.88. The molecule has 0 saturated carbocycles. The van der Waals surface area contributed by atoms with E-state index in [4.69, 9.17) is 4.74 Å². The number of likely N-dealkylation sites (tertiary alicyclic amines) is 1. The molecule has 1 aromatic carbocycles. The maximum absolute atomic E-state index is 12.2. The molecule has 1 unspecified atom stereocenters. The number of hydrogen-bond donors (Lipinski definition) is 1. The molecule has 2 rings (SSSR count). The van der Waals surface area contributed by atoms with Gasteiger partial charge in [-0.15, -0.1) is 0 Å². The van der Waals surface area contributed by atoms with Gasteiger partial charge < -0.3 is 15.0 Å². The molecule has 1 aliphatic heterocycles. The first-order valence-electron chi connectivity index (χ1n) is 8.31. The van der Waals surface area contributed by atoms with E-state index in [9.17, 15) is 4.79 Å². The minimum absolute atomic E-state index is 0.212. The number of hydrogen-bond acceptors (Lipinski definition) is 3. The van der Waals surface area contributed by atoms with E-state index in [2.05, 4.69) is 46.4 Å². The highest BCUT2D eigenvalue weighted by Gasteiger charge is 2.27. The van der Waals surface area contributed by atoms with Crippen LogP contribution in [0.3, 0.4) is 0 Å². The van der Waals surface area contributed by atoms with Crippen molar-refractivity contribution in [3.63, 3.8) is 0 Å². The predicted molar refractivity (Wildman–Crippen MR) is 98.0 cm³/mol. The molecule has 5 heteroatoms. The topological polar surface area (TPSA) is 41.6 Å². The molecular weight excluding hydrogens is 356 g/mol. The van der Waals surface area contributed by atoms with Gasteiger partial charge >= 0.3 is 6.09 Å². The van der Waals surface area contributed by atoms with Crippen LogP contribution in [0.15, 0.2) is 22.7 Å². The molecule has 1 aliphatic rings. The highest BCUT2D eigenvalue weighted by atomic mass is 79.9. The Bertz CT molecular complexity index is 554. The van der Waals surface area contributed by atoms with Crippen LogP contribution in [0.1, 0.15) is 46.1 Å². The van der Waals surface area contributed by atoms with Crippen molar-refractivity contribution >= 4 is 27.7 Å². The number of amides is 1. The number of carbonyl (C=O) groups excluding carboxylic acids is 1. The van der Waals surface area contributed by atoms with Gasteiger partial charge in [-0.25, -0.2) is 4.79 Å². The fourth-order valence-corrected chi connectivity index (χ4v) is 3.21. The molecule has 0 bridgehead atoms. The number of nitrogens with one attached hydrogen (secondary N) is 1. The summed E-state index contributed by atoms with van der Waals surface area (Å²) in [5, 5.41) is 3.61. The summed E-state index contributed by atoms with van der Waals surface area (Å²) in [5.41, 5.74) is 2.00. The van der Waals surface area contributed by atoms with Gasteiger partial charge in [0.25, 0.3) is 0 Å². The zero-order valence-corrected chi connectivity index (χ0v) is 16.1. The molecule has 1 aromatic rings. The van der Waals surface area contributed by atoms with Crippen molar-refractivity contribution in [2.24, 2.45) is 0 Å². The quantitative estimate of drug-likeness (QED) is 0.814. The number of carbonyl (C=O) groups is 1. The summed E-state index contributed by atoms with van der Waals surface area (Å²) in [6.45, 7) is 9.32. The molecule has 0 aromatic heterocycles. The second-order valence-electron chi connectivity index (χ2n) is 7.06. The minimum Gasteiger partial charge on any atom is -0.444 e. The van der Waals surface area contributed by atoms with Crippen molar-refractivity contribution in [2.45, 2.75) is 58.6 Å². The Morgan fingerprint density at radius 1 is 1.43 bits per heavy atom. The van der Waals surface area contributed by atoms with Gasteiger partial charge in [-0.2, -0.15) is 0 Å². The van der Waals surface area contributed by atoms with Crippen molar-refractivity contribution in [3.05, 3.63) is 28.2 Å². The molecule has 0 spiro atoms. The highest BCUT2D eigenvalue weighted by Crippen LogP contribution is 2.24. The maximum atomic E-state index is 12.2. The second-order valence-corrected chi connectivity index (χ2v) is 7.98. The number of anilines is 1. The molecule has 4 nitrogen and oxygen atoms in total. The molecule has 1 saturated heterocycles. The van der Waals surface area contributed by atoms with Gasteiger partial charge in [-0.3, -0.25) is 0 Å². The Balaban J connectivity index is 2.00. The lowest BCUT2D eigenvalue weighted by molar-refractivity contribution is 0.0206. The Kier molecular flexibility index (Phi) is 5.95. The first-order valence-corrected chi connectivity index (χ1v) is 9.10. The van der Waals surface area contributed by atoms with Crippen LogP contribution in [0.4, 0.5) is 10.5 Å². The van der Waals surface area contributed by atoms with Crippen molar-refractivity contribution in [3.8, 4) is 0 Å². The lowest BCUT2D eigenvalue weighted by atomic mass is 10.0. The van der Waals surface area contributed by atoms with Crippen LogP contribution in [0, 0.1) is 0 Å². The largest absolute Gasteiger partial charge is 0.444 e. The summed E-state index contributed by atoms with van der Waals surface area (Å²) < 4.78 is 6.59. The molecule has 0 aliphatic carbocycles. The first kappa shape index (κ1) is 18.1. The van der Waals surface area contributed by atoms with E-state index < -0.39 is 5.60 Å². The van der Waals surface area contributed by atoms with Crippen molar-refractivity contribution < 1.29 is 9.53 Å². The second kappa shape index (κ2) is 7.56. The molecule has 1 N–H and O–H groups in total. The smallest absolute Gasteiger partial charge is 0.410 e. The molecule has 23 heavy (non-hydrogen) atoms. The van der Waals surface area contributed by atoms with E-state index in [1.165, 1.54) is 5.56 Å². The highest BCUT2D eigenvalue weighted by molar-refractivity contribution is 9.10. The Morgan fingerprint density at radius 3 is 2.83 bits per heavy atom. The first-order chi connectivity index (χ1) is 10.8. The number of halogens is 1. The van der Waals surface area contributed by atoms with E-state index in [0.29, 0.717) is 6.54 Å². The number of piperidine rings is 1. The number of nitrogens with zero attached hydrogens (tertiary/aromatic N) is 1. The average molecular weight is 383 g/mol. The lowest BCUT2D eigenvalue weighted by Crippen LogP contribution is -2.47. The van der Waals surface area contributed by atoms with Crippen LogP contribution in [-0.4, -0.2) is 35.7 Å². The average Bonchev–Trinajstić information content (AvgIpc) is 2.47. The van der Waals surface area contributed by atoms with Gasteiger partial charge in [0.2, 0.25) is 0 Å². The predicted octanol–water partition coefficient (Wildman–Crippen LogP) is 4.82. The summed E-state index contributed by atoms with van der Waals surface area (Å²) in [6.07, 6.45) is 2.83. The van der Waals surface area contributed by atoms with Crippen molar-refractivity contribution in [2.75, 3.05) is 18.4 Å². The zero-order valence-electron chi connectivity index (χ0n) is 14.5. The molecule has 1 amide bonds. The normalized spacial score (nSPS) is 18.7. The molecule has 1 fully saturated rings. The number of aryl methyl sites for hydroxylation is 1. The van der Waals surface area contributed by atoms with Crippen LogP contribution in [0.25, 0.3) is 0 Å². The van der Waals surface area contributed by atoms with Crippen LogP contribution in [0.5, 0.6) is 0 Å². The molecule has 1 atom stereocenters. The monoisotopic (exact) mass is 382 g/mol. The van der Waals surface area contributed by atoms with E-state index in [1.807, 2.05) is 25.7 Å². The fraction of sp³-hybridized carbons (Fsp3) is 0.611. The van der Waals surface area contributed by atoms with E-state index in [-0.39, 0.29) is 12.1 Å². The van der Waals surface area contributed by atoms with E-state index in [1.54, 1.807) is 0 Å². The number of benzene rings is 1. The van der Waals surface area contributed by atoms with Gasteiger partial charge in [0.05, 0.1) is 0 Å². The summed E-state index contributed by atoms with van der Waals surface area (Å²) in [7, 11) is 0. The van der Waals surface area contributed by atoms with Gasteiger partial charge in [0, 0.05) is 29.3 Å². The minimum atomic E-state index is -0.446. The zero-order chi connectivity index (χ0) is 17.0. The summed E-state index contributed by atoms with van der Waals surface area (Å²) in [6, 6.07) is 6.57. The maximum Gasteiger partial charge on any atom is 0.410 e. The summed E-state index contributed by atoms with van der Waals surface area (Å²) in [4.78, 5) is 14.1. The lowest BCUT2D eigenvalue weighted by Gasteiger charge is -2.35. The summed E-state index contributed by atoms with van der Waals surface area (Å²) >= 11 is 3.52. The van der Waals surface area contributed by atoms with Crippen LogP contribution in [-0.2, 0) is 11.2 Å². The van der Waals surface area contributed by atoms with Gasteiger partial charge in [0.1, 0.15) is 5.60 Å². The third kappa shape index (κ3) is 5.41. The van der Waals surface area contributed by atoms with Crippen molar-refractivity contribution in [1.82, 2.24) is 4.90 Å². The Labute approximate surface area is 147 Å². The fourth-order valence-electron chi connectivity index (χ4n) is 2.80. The van der Waals surface area contributed by atoms with Crippen LogP contribution < -0.4 is 5.32 Å². The Hall–Kier alpha value is -1.23. The SMILES string of the molecule is CCc1cc(Br)ccc1NC1CCCN(C(=O)OC(C)(C)C)C1. The van der Waals surface area contributed by atoms with Gasteiger partial charge in [-0.05, 0) is 63.8 Å². The van der Waals surface area contributed by atoms with E-state index >= 15 is 0 Å². The molecule has 1 heterocycles.